The maximum atomic E-state index is 12.5. The van der Waals surface area contributed by atoms with Gasteiger partial charge in [-0.25, -0.2) is 4.79 Å². The van der Waals surface area contributed by atoms with Gasteiger partial charge in [0.15, 0.2) is 0 Å². The number of carboxylic acid groups (broad SMARTS) is 1. The Hall–Kier alpha value is -3.79. The van der Waals surface area contributed by atoms with Crippen LogP contribution in [0.5, 0.6) is 5.75 Å². The van der Waals surface area contributed by atoms with Crippen molar-refractivity contribution in [2.45, 2.75) is 6.61 Å². The number of nitriles is 1. The van der Waals surface area contributed by atoms with Gasteiger partial charge in [0.2, 0.25) is 0 Å². The van der Waals surface area contributed by atoms with E-state index in [0.29, 0.717) is 21.4 Å². The van der Waals surface area contributed by atoms with E-state index in [1.165, 1.54) is 18.2 Å². The van der Waals surface area contributed by atoms with Crippen LogP contribution in [-0.2, 0) is 11.4 Å². The fourth-order valence-electron chi connectivity index (χ4n) is 2.74. The molecule has 0 spiro atoms. The molecule has 2 N–H and O–H groups in total. The summed E-state index contributed by atoms with van der Waals surface area (Å²) >= 11 is 12.0. The maximum absolute atomic E-state index is 12.5. The van der Waals surface area contributed by atoms with Crippen LogP contribution < -0.4 is 10.1 Å². The highest BCUT2D eigenvalue weighted by molar-refractivity contribution is 6.35. The predicted molar refractivity (Wildman–Crippen MR) is 123 cm³/mol. The second kappa shape index (κ2) is 10.5. The molecule has 0 heterocycles. The summed E-state index contributed by atoms with van der Waals surface area (Å²) in [7, 11) is 0. The maximum Gasteiger partial charge on any atom is 0.337 e. The molecule has 32 heavy (non-hydrogen) atoms. The highest BCUT2D eigenvalue weighted by atomic mass is 35.5. The molecule has 1 amide bonds. The third-order valence-corrected chi connectivity index (χ3v) is 4.96. The lowest BCUT2D eigenvalue weighted by atomic mass is 10.1. The number of nitrogens with one attached hydrogen (secondary N) is 1. The Bertz CT molecular complexity index is 1230. The zero-order chi connectivity index (χ0) is 23.1. The number of hydrogen-bond donors (Lipinski definition) is 2. The van der Waals surface area contributed by atoms with Crippen LogP contribution in [-0.4, -0.2) is 17.0 Å². The van der Waals surface area contributed by atoms with Gasteiger partial charge in [-0.3, -0.25) is 4.79 Å². The van der Waals surface area contributed by atoms with Gasteiger partial charge >= 0.3 is 5.97 Å². The smallest absolute Gasteiger partial charge is 0.337 e. The molecule has 0 aliphatic rings. The van der Waals surface area contributed by atoms with Crippen molar-refractivity contribution >= 4 is 46.8 Å². The first kappa shape index (κ1) is 22.9. The van der Waals surface area contributed by atoms with E-state index in [1.807, 2.05) is 6.07 Å². The van der Waals surface area contributed by atoms with E-state index < -0.39 is 11.9 Å². The van der Waals surface area contributed by atoms with Crippen LogP contribution in [0, 0.1) is 11.3 Å². The number of para-hydroxylation sites is 1. The van der Waals surface area contributed by atoms with Crippen LogP contribution in [0.1, 0.15) is 21.5 Å². The molecule has 3 rings (SSSR count). The van der Waals surface area contributed by atoms with Crippen LogP contribution in [0.3, 0.4) is 0 Å². The van der Waals surface area contributed by atoms with Crippen LogP contribution in [0.15, 0.2) is 72.3 Å². The third-order valence-electron chi connectivity index (χ3n) is 4.37. The zero-order valence-corrected chi connectivity index (χ0v) is 18.0. The SMILES string of the molecule is N#C/C(=C\c1ccc(OCc2ccc(Cl)cc2Cl)cc1)C(=O)Nc1ccccc1C(=O)O. The fourth-order valence-corrected chi connectivity index (χ4v) is 3.21. The number of benzene rings is 3. The van der Waals surface area contributed by atoms with Gasteiger partial charge in [-0.1, -0.05) is 53.5 Å². The molecule has 0 aliphatic carbocycles. The molecule has 0 bridgehead atoms. The van der Waals surface area contributed by atoms with E-state index in [4.69, 9.17) is 27.9 Å². The Balaban J connectivity index is 1.69. The Morgan fingerprint density at radius 2 is 1.78 bits per heavy atom. The number of anilines is 1. The Labute approximate surface area is 194 Å². The summed E-state index contributed by atoms with van der Waals surface area (Å²) in [5, 5.41) is 22.1. The number of nitrogens with zero attached hydrogens (tertiary/aromatic N) is 1. The molecule has 0 fully saturated rings. The second-order valence-electron chi connectivity index (χ2n) is 6.57. The number of hydrogen-bond acceptors (Lipinski definition) is 4. The lowest BCUT2D eigenvalue weighted by Crippen LogP contribution is -2.16. The van der Waals surface area contributed by atoms with E-state index in [2.05, 4.69) is 5.32 Å². The Kier molecular flexibility index (Phi) is 7.50. The van der Waals surface area contributed by atoms with Gasteiger partial charge in [-0.05, 0) is 48.0 Å². The summed E-state index contributed by atoms with van der Waals surface area (Å²) in [5.41, 5.74) is 1.24. The molecule has 0 aromatic heterocycles. The van der Waals surface area contributed by atoms with Gasteiger partial charge in [0.25, 0.3) is 5.91 Å². The van der Waals surface area contributed by atoms with E-state index in [9.17, 15) is 20.0 Å². The van der Waals surface area contributed by atoms with Crippen LogP contribution >= 0.6 is 23.2 Å². The first-order valence-corrected chi connectivity index (χ1v) is 10.0. The number of carboxylic acids is 1. The minimum Gasteiger partial charge on any atom is -0.489 e. The third kappa shape index (κ3) is 5.88. The molecule has 8 heteroatoms. The van der Waals surface area contributed by atoms with Gasteiger partial charge in [0, 0.05) is 15.6 Å². The normalized spacial score (nSPS) is 10.8. The summed E-state index contributed by atoms with van der Waals surface area (Å²) < 4.78 is 5.71. The average Bonchev–Trinajstić information content (AvgIpc) is 2.78. The molecular weight excluding hydrogens is 451 g/mol. The molecule has 160 valence electrons. The fraction of sp³-hybridized carbons (Fsp3) is 0.0417. The van der Waals surface area contributed by atoms with E-state index in [0.717, 1.165) is 5.56 Å². The summed E-state index contributed by atoms with van der Waals surface area (Å²) in [5.74, 6) is -1.32. The highest BCUT2D eigenvalue weighted by Crippen LogP contribution is 2.23. The van der Waals surface area contributed by atoms with Gasteiger partial charge in [-0.2, -0.15) is 5.26 Å². The van der Waals surface area contributed by atoms with Crippen molar-refractivity contribution in [1.29, 1.82) is 5.26 Å². The molecule has 6 nitrogen and oxygen atoms in total. The van der Waals surface area contributed by atoms with Crippen LogP contribution in [0.4, 0.5) is 5.69 Å². The Morgan fingerprint density at radius 3 is 2.44 bits per heavy atom. The van der Waals surface area contributed by atoms with Crippen molar-refractivity contribution in [2.24, 2.45) is 0 Å². The van der Waals surface area contributed by atoms with Crippen molar-refractivity contribution in [3.63, 3.8) is 0 Å². The molecule has 0 radical (unpaired) electrons. The van der Waals surface area contributed by atoms with Crippen molar-refractivity contribution < 1.29 is 19.4 Å². The van der Waals surface area contributed by atoms with Gasteiger partial charge in [0.1, 0.15) is 24.0 Å². The number of ether oxygens (including phenoxy) is 1. The average molecular weight is 467 g/mol. The number of amides is 1. The van der Waals surface area contributed by atoms with Crippen molar-refractivity contribution in [1.82, 2.24) is 0 Å². The summed E-state index contributed by atoms with van der Waals surface area (Å²) in [6, 6.07) is 19.7. The zero-order valence-electron chi connectivity index (χ0n) is 16.5. The topological polar surface area (TPSA) is 99.4 Å². The molecule has 0 unspecified atom stereocenters. The molecule has 3 aromatic rings. The number of carbonyl (C=O) groups is 2. The first-order chi connectivity index (χ1) is 15.4. The van der Waals surface area contributed by atoms with Crippen molar-refractivity contribution in [3.05, 3.63) is 99.0 Å². The number of aromatic carboxylic acids is 1. The first-order valence-electron chi connectivity index (χ1n) is 9.29. The lowest BCUT2D eigenvalue weighted by Gasteiger charge is -2.09. The Morgan fingerprint density at radius 1 is 1.06 bits per heavy atom. The van der Waals surface area contributed by atoms with Gasteiger partial charge in [0.05, 0.1) is 11.3 Å². The van der Waals surface area contributed by atoms with Crippen molar-refractivity contribution in [3.8, 4) is 11.8 Å². The summed E-state index contributed by atoms with van der Waals surface area (Å²) in [6.07, 6.45) is 1.40. The van der Waals surface area contributed by atoms with Crippen LogP contribution in [0.25, 0.3) is 6.08 Å². The molecule has 0 saturated heterocycles. The van der Waals surface area contributed by atoms with Gasteiger partial charge < -0.3 is 15.2 Å². The molecule has 0 saturated carbocycles. The predicted octanol–water partition coefficient (Wildman–Crippen LogP) is 5.82. The number of carbonyl (C=O) groups excluding carboxylic acids is 1. The van der Waals surface area contributed by atoms with Crippen molar-refractivity contribution in [2.75, 3.05) is 5.32 Å². The lowest BCUT2D eigenvalue weighted by molar-refractivity contribution is -0.112. The molecule has 0 atom stereocenters. The molecule has 3 aromatic carbocycles. The van der Waals surface area contributed by atoms with E-state index in [-0.39, 0.29) is 23.4 Å². The van der Waals surface area contributed by atoms with E-state index in [1.54, 1.807) is 54.6 Å². The standard InChI is InChI=1S/C24H16Cl2N2O4/c25-18-8-7-16(21(26)12-18)14-32-19-9-5-15(6-10-19)11-17(13-27)23(29)28-22-4-2-1-3-20(22)24(30)31/h1-12H,14H2,(H,28,29)(H,30,31)/b17-11+. The van der Waals surface area contributed by atoms with Crippen LogP contribution in [0.2, 0.25) is 10.0 Å². The van der Waals surface area contributed by atoms with Gasteiger partial charge in [-0.15, -0.1) is 0 Å². The quantitative estimate of drug-likeness (QED) is 0.337. The minimum atomic E-state index is -1.18. The molecule has 0 aliphatic heterocycles. The summed E-state index contributed by atoms with van der Waals surface area (Å²) in [4.78, 5) is 23.8. The number of rotatable bonds is 7. The summed E-state index contributed by atoms with van der Waals surface area (Å²) in [6.45, 7) is 0.250. The number of halogens is 2. The minimum absolute atomic E-state index is 0.0690. The monoisotopic (exact) mass is 466 g/mol. The molecular formula is C24H16Cl2N2O4. The van der Waals surface area contributed by atoms with E-state index >= 15 is 0 Å². The largest absolute Gasteiger partial charge is 0.489 e. The highest BCUT2D eigenvalue weighted by Gasteiger charge is 2.15. The second-order valence-corrected chi connectivity index (χ2v) is 7.41.